The fourth-order valence-electron chi connectivity index (χ4n) is 4.82. The first-order valence-electron chi connectivity index (χ1n) is 8.57. The third-order valence-electron chi connectivity index (χ3n) is 6.16. The zero-order valence-electron chi connectivity index (χ0n) is 12.9. The molecular formula is C18H27N3. The Kier molecular flexibility index (Phi) is 3.52. The van der Waals surface area contributed by atoms with Crippen molar-refractivity contribution < 1.29 is 0 Å². The van der Waals surface area contributed by atoms with Gasteiger partial charge in [-0.15, -0.1) is 0 Å². The molecule has 2 fully saturated rings. The maximum Gasteiger partial charge on any atom is 0.0362 e. The zero-order valence-corrected chi connectivity index (χ0v) is 12.9. The molecule has 1 aromatic carbocycles. The van der Waals surface area contributed by atoms with E-state index in [1.54, 1.807) is 5.56 Å². The summed E-state index contributed by atoms with van der Waals surface area (Å²) in [5.41, 5.74) is 9.62. The van der Waals surface area contributed by atoms with E-state index in [1.807, 2.05) is 0 Å². The molecule has 1 aromatic rings. The van der Waals surface area contributed by atoms with Crippen molar-refractivity contribution in [3.8, 4) is 0 Å². The lowest BCUT2D eigenvalue weighted by molar-refractivity contribution is 0.00162. The molecule has 3 heterocycles. The second-order valence-corrected chi connectivity index (χ2v) is 7.15. The maximum atomic E-state index is 6.31. The molecule has 0 aromatic heterocycles. The Hall–Kier alpha value is -0.900. The standard InChI is InChI=1S/C18H27N3/c19-14-18(8-11-20-9-3-6-17(20)12-18)21-10-7-15-4-1-2-5-16(15)13-21/h1-2,4-5,17H,3,6-14,19H2. The molecule has 2 atom stereocenters. The average molecular weight is 285 g/mol. The summed E-state index contributed by atoms with van der Waals surface area (Å²) in [4.78, 5) is 5.41. The molecule has 2 saturated heterocycles. The molecule has 0 spiro atoms. The quantitative estimate of drug-likeness (QED) is 0.902. The van der Waals surface area contributed by atoms with Crippen molar-refractivity contribution in [2.45, 2.75) is 50.2 Å². The van der Waals surface area contributed by atoms with Gasteiger partial charge >= 0.3 is 0 Å². The van der Waals surface area contributed by atoms with Crippen LogP contribution in [-0.4, -0.2) is 47.6 Å². The van der Waals surface area contributed by atoms with Crippen LogP contribution in [0.2, 0.25) is 0 Å². The van der Waals surface area contributed by atoms with E-state index in [2.05, 4.69) is 34.1 Å². The Balaban J connectivity index is 1.56. The first-order valence-corrected chi connectivity index (χ1v) is 8.57. The van der Waals surface area contributed by atoms with Crippen molar-refractivity contribution in [3.05, 3.63) is 35.4 Å². The molecule has 3 heteroatoms. The van der Waals surface area contributed by atoms with Gasteiger partial charge in [-0.1, -0.05) is 24.3 Å². The molecule has 3 aliphatic rings. The van der Waals surface area contributed by atoms with Gasteiger partial charge in [0.2, 0.25) is 0 Å². The second kappa shape index (κ2) is 5.38. The van der Waals surface area contributed by atoms with Crippen LogP contribution in [0.1, 0.15) is 36.8 Å². The highest BCUT2D eigenvalue weighted by molar-refractivity contribution is 5.29. The maximum absolute atomic E-state index is 6.31. The normalized spacial score (nSPS) is 33.7. The van der Waals surface area contributed by atoms with Gasteiger partial charge in [0.15, 0.2) is 0 Å². The van der Waals surface area contributed by atoms with E-state index in [1.165, 1.54) is 57.3 Å². The zero-order chi connectivity index (χ0) is 14.3. The first kappa shape index (κ1) is 13.7. The Bertz CT molecular complexity index is 515. The summed E-state index contributed by atoms with van der Waals surface area (Å²) in [7, 11) is 0. The van der Waals surface area contributed by atoms with Gasteiger partial charge in [0.25, 0.3) is 0 Å². The molecule has 3 aliphatic heterocycles. The van der Waals surface area contributed by atoms with Crippen LogP contribution in [0.15, 0.2) is 24.3 Å². The van der Waals surface area contributed by atoms with Crippen LogP contribution in [0, 0.1) is 0 Å². The Labute approximate surface area is 128 Å². The van der Waals surface area contributed by atoms with Gasteiger partial charge in [0, 0.05) is 37.8 Å². The minimum Gasteiger partial charge on any atom is -0.329 e. The number of fused-ring (bicyclic) bond motifs is 2. The van der Waals surface area contributed by atoms with Crippen molar-refractivity contribution in [2.75, 3.05) is 26.2 Å². The largest absolute Gasteiger partial charge is 0.329 e. The molecule has 0 amide bonds. The number of rotatable bonds is 2. The molecule has 4 rings (SSSR count). The van der Waals surface area contributed by atoms with Gasteiger partial charge in [-0.25, -0.2) is 0 Å². The summed E-state index contributed by atoms with van der Waals surface area (Å²) >= 11 is 0. The highest BCUT2D eigenvalue weighted by atomic mass is 15.3. The van der Waals surface area contributed by atoms with E-state index in [4.69, 9.17) is 5.73 Å². The number of hydrogen-bond acceptors (Lipinski definition) is 3. The van der Waals surface area contributed by atoms with Crippen LogP contribution in [0.5, 0.6) is 0 Å². The lowest BCUT2D eigenvalue weighted by Crippen LogP contribution is -2.61. The monoisotopic (exact) mass is 285 g/mol. The topological polar surface area (TPSA) is 32.5 Å². The number of hydrogen-bond donors (Lipinski definition) is 1. The molecule has 3 nitrogen and oxygen atoms in total. The van der Waals surface area contributed by atoms with Crippen LogP contribution < -0.4 is 5.73 Å². The molecule has 0 radical (unpaired) electrons. The molecule has 0 aliphatic carbocycles. The lowest BCUT2D eigenvalue weighted by Gasteiger charge is -2.51. The van der Waals surface area contributed by atoms with E-state index in [0.717, 1.165) is 19.1 Å². The second-order valence-electron chi connectivity index (χ2n) is 7.15. The van der Waals surface area contributed by atoms with Gasteiger partial charge in [0.05, 0.1) is 0 Å². The molecule has 114 valence electrons. The van der Waals surface area contributed by atoms with Crippen molar-refractivity contribution >= 4 is 0 Å². The summed E-state index contributed by atoms with van der Waals surface area (Å²) in [6.45, 7) is 5.66. The molecule has 2 N–H and O–H groups in total. The third-order valence-corrected chi connectivity index (χ3v) is 6.16. The summed E-state index contributed by atoms with van der Waals surface area (Å²) in [5, 5.41) is 0. The van der Waals surface area contributed by atoms with Crippen LogP contribution in [0.3, 0.4) is 0 Å². The molecule has 0 bridgehead atoms. The minimum absolute atomic E-state index is 0.249. The Morgan fingerprint density at radius 2 is 2.00 bits per heavy atom. The number of piperidine rings is 1. The van der Waals surface area contributed by atoms with Crippen LogP contribution in [0.4, 0.5) is 0 Å². The Morgan fingerprint density at radius 1 is 1.14 bits per heavy atom. The van der Waals surface area contributed by atoms with Crippen molar-refractivity contribution in [1.82, 2.24) is 9.80 Å². The Morgan fingerprint density at radius 3 is 2.86 bits per heavy atom. The van der Waals surface area contributed by atoms with Crippen LogP contribution >= 0.6 is 0 Å². The van der Waals surface area contributed by atoms with E-state index < -0.39 is 0 Å². The van der Waals surface area contributed by atoms with E-state index in [9.17, 15) is 0 Å². The predicted octanol–water partition coefficient (Wildman–Crippen LogP) is 2.00. The van der Waals surface area contributed by atoms with Crippen molar-refractivity contribution in [1.29, 1.82) is 0 Å². The minimum atomic E-state index is 0.249. The smallest absolute Gasteiger partial charge is 0.0362 e. The average Bonchev–Trinajstić information content (AvgIpc) is 3.01. The van der Waals surface area contributed by atoms with E-state index >= 15 is 0 Å². The summed E-state index contributed by atoms with van der Waals surface area (Å²) in [5.74, 6) is 0. The summed E-state index contributed by atoms with van der Waals surface area (Å²) < 4.78 is 0. The fraction of sp³-hybridized carbons (Fsp3) is 0.667. The number of nitrogens with zero attached hydrogens (tertiary/aromatic N) is 2. The highest BCUT2D eigenvalue weighted by Gasteiger charge is 2.44. The highest BCUT2D eigenvalue weighted by Crippen LogP contribution is 2.38. The molecular weight excluding hydrogens is 258 g/mol. The van der Waals surface area contributed by atoms with Gasteiger partial charge in [-0.3, -0.25) is 4.90 Å². The van der Waals surface area contributed by atoms with Crippen molar-refractivity contribution in [3.63, 3.8) is 0 Å². The van der Waals surface area contributed by atoms with Gasteiger partial charge in [0.1, 0.15) is 0 Å². The van der Waals surface area contributed by atoms with Crippen LogP contribution in [-0.2, 0) is 13.0 Å². The predicted molar refractivity (Wildman–Crippen MR) is 86.2 cm³/mol. The number of benzene rings is 1. The van der Waals surface area contributed by atoms with Crippen molar-refractivity contribution in [2.24, 2.45) is 5.73 Å². The van der Waals surface area contributed by atoms with E-state index in [0.29, 0.717) is 0 Å². The van der Waals surface area contributed by atoms with Crippen LogP contribution in [0.25, 0.3) is 0 Å². The van der Waals surface area contributed by atoms with Gasteiger partial charge < -0.3 is 10.6 Å². The van der Waals surface area contributed by atoms with Gasteiger partial charge in [-0.05, 0) is 49.8 Å². The lowest BCUT2D eigenvalue weighted by atomic mass is 9.80. The van der Waals surface area contributed by atoms with E-state index in [-0.39, 0.29) is 5.54 Å². The third kappa shape index (κ3) is 2.32. The summed E-state index contributed by atoms with van der Waals surface area (Å²) in [6, 6.07) is 9.73. The van der Waals surface area contributed by atoms with Gasteiger partial charge in [-0.2, -0.15) is 0 Å². The molecule has 21 heavy (non-hydrogen) atoms. The first-order chi connectivity index (χ1) is 10.3. The molecule has 0 saturated carbocycles. The summed E-state index contributed by atoms with van der Waals surface area (Å²) in [6.07, 6.45) is 6.49. The fourth-order valence-corrected chi connectivity index (χ4v) is 4.82. The number of nitrogens with two attached hydrogens (primary N) is 1. The SMILES string of the molecule is NCC1(N2CCc3ccccc3C2)CCN2CCCC2C1. The molecule has 2 unspecified atom stereocenters.